The van der Waals surface area contributed by atoms with Crippen LogP contribution < -0.4 is 5.32 Å². The van der Waals surface area contributed by atoms with E-state index >= 15 is 0 Å². The van der Waals surface area contributed by atoms with E-state index in [1.54, 1.807) is 23.4 Å². The molecule has 1 aromatic carbocycles. The maximum atomic E-state index is 12.8. The van der Waals surface area contributed by atoms with Crippen LogP contribution in [0.1, 0.15) is 38.7 Å². The Labute approximate surface area is 180 Å². The van der Waals surface area contributed by atoms with Crippen molar-refractivity contribution in [2.24, 2.45) is 4.99 Å². The van der Waals surface area contributed by atoms with Crippen molar-refractivity contribution in [3.8, 4) is 0 Å². The summed E-state index contributed by atoms with van der Waals surface area (Å²) < 4.78 is 27.2. The lowest BCUT2D eigenvalue weighted by molar-refractivity contribution is -0.130. The summed E-state index contributed by atoms with van der Waals surface area (Å²) in [6.07, 6.45) is 2.96. The topological polar surface area (TPSA) is 85.3 Å². The van der Waals surface area contributed by atoms with Crippen LogP contribution in [0.4, 0.5) is 0 Å². The Morgan fingerprint density at radius 2 is 1.57 bits per heavy atom. The Balaban J connectivity index is 1.64. The largest absolute Gasteiger partial charge is 0.357 e. The molecule has 0 bridgehead atoms. The number of aliphatic imine (C=N–C) groups is 1. The van der Waals surface area contributed by atoms with Gasteiger partial charge in [0.2, 0.25) is 15.9 Å². The van der Waals surface area contributed by atoms with E-state index in [0.29, 0.717) is 37.6 Å². The van der Waals surface area contributed by atoms with Gasteiger partial charge in [-0.2, -0.15) is 4.31 Å². The first-order valence-corrected chi connectivity index (χ1v) is 12.2. The highest BCUT2D eigenvalue weighted by Gasteiger charge is 2.25. The lowest BCUT2D eigenvalue weighted by Gasteiger charge is -2.36. The van der Waals surface area contributed by atoms with Crippen LogP contribution in [0.15, 0.2) is 34.2 Å². The summed E-state index contributed by atoms with van der Waals surface area (Å²) in [5.74, 6) is 0.932. The van der Waals surface area contributed by atoms with E-state index in [-0.39, 0.29) is 5.91 Å². The van der Waals surface area contributed by atoms with E-state index in [4.69, 9.17) is 4.99 Å². The highest BCUT2D eigenvalue weighted by molar-refractivity contribution is 7.89. The Morgan fingerprint density at radius 3 is 2.13 bits per heavy atom. The van der Waals surface area contributed by atoms with Gasteiger partial charge in [-0.3, -0.25) is 4.79 Å². The molecule has 0 unspecified atom stereocenters. The summed E-state index contributed by atoms with van der Waals surface area (Å²) in [5.41, 5.74) is 0.963. The molecule has 2 aliphatic rings. The molecule has 2 heterocycles. The van der Waals surface area contributed by atoms with Gasteiger partial charge in [-0.25, -0.2) is 13.4 Å². The summed E-state index contributed by atoms with van der Waals surface area (Å²) >= 11 is 0. The maximum Gasteiger partial charge on any atom is 0.243 e. The molecule has 30 heavy (non-hydrogen) atoms. The van der Waals surface area contributed by atoms with E-state index in [2.05, 4.69) is 10.2 Å². The fourth-order valence-corrected chi connectivity index (χ4v) is 5.36. The second-order valence-corrected chi connectivity index (χ2v) is 9.71. The fraction of sp³-hybridized carbons (Fsp3) is 0.619. The molecule has 2 aliphatic heterocycles. The first-order chi connectivity index (χ1) is 14.4. The number of amides is 1. The molecule has 3 rings (SSSR count). The third-order valence-corrected chi connectivity index (χ3v) is 7.56. The van der Waals surface area contributed by atoms with Crippen molar-refractivity contribution in [1.82, 2.24) is 19.4 Å². The van der Waals surface area contributed by atoms with Crippen molar-refractivity contribution in [2.75, 3.05) is 45.8 Å². The Hall–Kier alpha value is -2.13. The molecule has 2 saturated heterocycles. The predicted molar refractivity (Wildman–Crippen MR) is 118 cm³/mol. The maximum absolute atomic E-state index is 12.8. The van der Waals surface area contributed by atoms with E-state index in [1.165, 1.54) is 0 Å². The van der Waals surface area contributed by atoms with E-state index in [0.717, 1.165) is 50.4 Å². The van der Waals surface area contributed by atoms with Crippen molar-refractivity contribution in [1.29, 1.82) is 0 Å². The Morgan fingerprint density at radius 1 is 0.967 bits per heavy atom. The van der Waals surface area contributed by atoms with E-state index in [9.17, 15) is 13.2 Å². The molecule has 0 spiro atoms. The van der Waals surface area contributed by atoms with Crippen LogP contribution in [0.3, 0.4) is 0 Å². The molecular formula is C21H33N5O3S. The number of hydrogen-bond acceptors (Lipinski definition) is 4. The third-order valence-electron chi connectivity index (χ3n) is 5.65. The summed E-state index contributed by atoms with van der Waals surface area (Å²) in [5, 5.41) is 3.32. The number of rotatable bonds is 5. The number of nitrogens with zero attached hydrogens (tertiary/aromatic N) is 4. The summed E-state index contributed by atoms with van der Waals surface area (Å²) in [6, 6.07) is 7.07. The van der Waals surface area contributed by atoms with Gasteiger partial charge < -0.3 is 15.1 Å². The quantitative estimate of drug-likeness (QED) is 0.560. The lowest BCUT2D eigenvalue weighted by Crippen LogP contribution is -2.53. The van der Waals surface area contributed by atoms with Crippen LogP contribution in [-0.4, -0.2) is 80.2 Å². The average Bonchev–Trinajstić information content (AvgIpc) is 2.77. The highest BCUT2D eigenvalue weighted by atomic mass is 32.2. The van der Waals surface area contributed by atoms with Gasteiger partial charge in [0.1, 0.15) is 0 Å². The molecule has 8 nitrogen and oxygen atoms in total. The first-order valence-electron chi connectivity index (χ1n) is 10.8. The predicted octanol–water partition coefficient (Wildman–Crippen LogP) is 1.49. The van der Waals surface area contributed by atoms with Crippen LogP contribution in [0.25, 0.3) is 0 Å². The van der Waals surface area contributed by atoms with Gasteiger partial charge in [-0.05, 0) is 37.5 Å². The summed E-state index contributed by atoms with van der Waals surface area (Å²) in [6.45, 7) is 8.97. The van der Waals surface area contributed by atoms with Crippen molar-refractivity contribution >= 4 is 21.9 Å². The molecule has 0 saturated carbocycles. The molecule has 0 aliphatic carbocycles. The highest BCUT2D eigenvalue weighted by Crippen LogP contribution is 2.21. The van der Waals surface area contributed by atoms with Crippen molar-refractivity contribution in [3.05, 3.63) is 29.8 Å². The van der Waals surface area contributed by atoms with Crippen molar-refractivity contribution in [3.63, 3.8) is 0 Å². The first kappa shape index (κ1) is 22.6. The number of guanidine groups is 1. The summed E-state index contributed by atoms with van der Waals surface area (Å²) in [7, 11) is -3.40. The molecule has 0 radical (unpaired) electrons. The molecule has 1 aromatic rings. The second-order valence-electron chi connectivity index (χ2n) is 7.77. The number of piperidine rings is 1. The minimum atomic E-state index is -3.40. The molecule has 1 N–H and O–H groups in total. The van der Waals surface area contributed by atoms with E-state index < -0.39 is 10.0 Å². The number of hydrogen-bond donors (Lipinski definition) is 1. The van der Waals surface area contributed by atoms with Gasteiger partial charge in [0, 0.05) is 52.7 Å². The minimum Gasteiger partial charge on any atom is -0.357 e. The van der Waals surface area contributed by atoms with Crippen LogP contribution in [0.2, 0.25) is 0 Å². The van der Waals surface area contributed by atoms with Crippen LogP contribution >= 0.6 is 0 Å². The van der Waals surface area contributed by atoms with Crippen LogP contribution in [-0.2, 0) is 21.4 Å². The van der Waals surface area contributed by atoms with Gasteiger partial charge in [0.25, 0.3) is 0 Å². The Kier molecular flexibility index (Phi) is 7.71. The minimum absolute atomic E-state index is 0.108. The zero-order valence-corrected chi connectivity index (χ0v) is 18.8. The normalized spacial score (nSPS) is 19.1. The van der Waals surface area contributed by atoms with E-state index in [1.807, 2.05) is 24.0 Å². The number of benzene rings is 1. The monoisotopic (exact) mass is 435 g/mol. The smallest absolute Gasteiger partial charge is 0.243 e. The number of nitrogens with one attached hydrogen (secondary N) is 1. The molecule has 9 heteroatoms. The molecule has 0 atom stereocenters. The van der Waals surface area contributed by atoms with Gasteiger partial charge in [0.05, 0.1) is 11.4 Å². The molecule has 2 fully saturated rings. The number of piperazine rings is 1. The van der Waals surface area contributed by atoms with Gasteiger partial charge in [0.15, 0.2) is 5.96 Å². The van der Waals surface area contributed by atoms with Crippen LogP contribution in [0, 0.1) is 0 Å². The third kappa shape index (κ3) is 5.51. The number of carbonyl (C=O) groups excluding carboxylic acids is 1. The van der Waals surface area contributed by atoms with Gasteiger partial charge >= 0.3 is 0 Å². The SMILES string of the molecule is CCNC(=NCc1ccc(S(=O)(=O)N2CCCCC2)cc1)N1CCN(C(C)=O)CC1. The molecule has 0 aromatic heterocycles. The number of sulfonamides is 1. The molecule has 1 amide bonds. The zero-order valence-electron chi connectivity index (χ0n) is 18.0. The van der Waals surface area contributed by atoms with Crippen molar-refractivity contribution < 1.29 is 13.2 Å². The standard InChI is InChI=1S/C21H33N5O3S/c1-3-22-21(25-15-13-24(14-16-25)18(2)27)23-17-19-7-9-20(10-8-19)30(28,29)26-11-5-4-6-12-26/h7-10H,3-6,11-17H2,1-2H3,(H,22,23). The fourth-order valence-electron chi connectivity index (χ4n) is 3.85. The lowest BCUT2D eigenvalue weighted by atomic mass is 10.2. The number of carbonyl (C=O) groups is 1. The Bertz CT molecular complexity index is 840. The molecule has 166 valence electrons. The van der Waals surface area contributed by atoms with Gasteiger partial charge in [-0.15, -0.1) is 0 Å². The summed E-state index contributed by atoms with van der Waals surface area (Å²) in [4.78, 5) is 20.6. The van der Waals surface area contributed by atoms with Crippen molar-refractivity contribution in [2.45, 2.75) is 44.6 Å². The van der Waals surface area contributed by atoms with Gasteiger partial charge in [-0.1, -0.05) is 18.6 Å². The van der Waals surface area contributed by atoms with Crippen LogP contribution in [0.5, 0.6) is 0 Å². The molecular weight excluding hydrogens is 402 g/mol. The zero-order chi connectivity index (χ0) is 21.6. The average molecular weight is 436 g/mol. The second kappa shape index (κ2) is 10.3.